The van der Waals surface area contributed by atoms with E-state index in [-0.39, 0.29) is 22.0 Å². The number of sulfonamides is 1. The average molecular weight is 580 g/mol. The lowest BCUT2D eigenvalue weighted by Gasteiger charge is -2.18. The Bertz CT molecular complexity index is 1570. The quantitative estimate of drug-likeness (QED) is 0.277. The van der Waals surface area contributed by atoms with E-state index in [4.69, 9.17) is 4.74 Å². The van der Waals surface area contributed by atoms with Gasteiger partial charge >= 0.3 is 12.3 Å². The third-order valence-corrected chi connectivity index (χ3v) is 8.24. The van der Waals surface area contributed by atoms with Crippen molar-refractivity contribution in [2.24, 2.45) is 0 Å². The molecule has 0 bridgehead atoms. The Morgan fingerprint density at radius 1 is 1.15 bits per heavy atom. The minimum Gasteiger partial charge on any atom is -0.467 e. The Morgan fingerprint density at radius 2 is 1.90 bits per heavy atom. The number of carbonyl (C=O) groups excluding carboxylic acids is 1. The molecule has 0 saturated carbocycles. The zero-order valence-electron chi connectivity index (χ0n) is 20.1. The van der Waals surface area contributed by atoms with Gasteiger partial charge < -0.3 is 9.47 Å². The lowest BCUT2D eigenvalue weighted by Crippen LogP contribution is -2.23. The van der Waals surface area contributed by atoms with Gasteiger partial charge in [0.05, 0.1) is 36.1 Å². The summed E-state index contributed by atoms with van der Waals surface area (Å²) >= 11 is 1.05. The molecule has 1 aromatic carbocycles. The number of ether oxygens (including phenoxy) is 2. The van der Waals surface area contributed by atoms with Crippen molar-refractivity contribution in [3.05, 3.63) is 84.8 Å². The van der Waals surface area contributed by atoms with Gasteiger partial charge in [0.25, 0.3) is 0 Å². The molecule has 0 radical (unpaired) electrons. The molecular formula is C24H20F3N5O5S2. The molecule has 0 aliphatic carbocycles. The summed E-state index contributed by atoms with van der Waals surface area (Å²) in [4.78, 5) is 17.4. The van der Waals surface area contributed by atoms with Crippen LogP contribution in [0, 0.1) is 0 Å². The summed E-state index contributed by atoms with van der Waals surface area (Å²) in [6, 6.07) is 12.0. The standard InChI is InChI=1S/C24H20F3N5O5S2/c1-15(16-6-8-18(9-7-16)37-24(25,26)27)22(23(33)36-2)32-14-17(30-31-32)13-29-39(34,35)21-11-10-20(38-21)19-5-3-4-12-28-19/h3-12,14,22,29H,1,13H2,2H3/t22-/m0/s1. The zero-order valence-corrected chi connectivity index (χ0v) is 21.8. The first kappa shape index (κ1) is 27.9. The molecule has 4 aromatic rings. The molecule has 1 atom stereocenters. The van der Waals surface area contributed by atoms with E-state index in [9.17, 15) is 26.4 Å². The first-order valence-electron chi connectivity index (χ1n) is 11.0. The molecule has 4 rings (SSSR count). The monoisotopic (exact) mass is 579 g/mol. The van der Waals surface area contributed by atoms with Gasteiger partial charge in [-0.15, -0.1) is 29.6 Å². The highest BCUT2D eigenvalue weighted by atomic mass is 32.2. The number of esters is 1. The van der Waals surface area contributed by atoms with Crippen LogP contribution in [0.1, 0.15) is 17.3 Å². The number of alkyl halides is 3. The Kier molecular flexibility index (Phi) is 8.13. The second-order valence-corrected chi connectivity index (χ2v) is 10.9. The van der Waals surface area contributed by atoms with E-state index in [1.165, 1.54) is 24.4 Å². The third-order valence-electron chi connectivity index (χ3n) is 5.24. The summed E-state index contributed by atoms with van der Waals surface area (Å²) in [5.41, 5.74) is 1.30. The molecule has 0 fully saturated rings. The number of carbonyl (C=O) groups is 1. The van der Waals surface area contributed by atoms with Gasteiger partial charge in [0.1, 0.15) is 9.96 Å². The van der Waals surface area contributed by atoms with E-state index in [0.29, 0.717) is 16.1 Å². The summed E-state index contributed by atoms with van der Waals surface area (Å²) < 4.78 is 75.3. The Hall–Kier alpha value is -4.08. The Balaban J connectivity index is 1.47. The molecule has 15 heteroatoms. The molecule has 3 heterocycles. The van der Waals surface area contributed by atoms with Crippen LogP contribution in [0.15, 0.2) is 77.8 Å². The summed E-state index contributed by atoms with van der Waals surface area (Å²) in [7, 11) is -2.74. The van der Waals surface area contributed by atoms with Gasteiger partial charge in [-0.3, -0.25) is 4.98 Å². The first-order valence-corrected chi connectivity index (χ1v) is 13.3. The van der Waals surface area contributed by atoms with Crippen LogP contribution in [0.5, 0.6) is 5.75 Å². The van der Waals surface area contributed by atoms with Gasteiger partial charge in [-0.2, -0.15) is 0 Å². The highest BCUT2D eigenvalue weighted by Crippen LogP contribution is 2.31. The molecule has 0 unspecified atom stereocenters. The van der Waals surface area contributed by atoms with Crippen molar-refractivity contribution in [2.45, 2.75) is 23.2 Å². The molecule has 0 spiro atoms. The van der Waals surface area contributed by atoms with Crippen molar-refractivity contribution in [3.8, 4) is 16.3 Å². The second kappa shape index (κ2) is 11.3. The SMILES string of the molecule is C=C(c1ccc(OC(F)(F)F)cc1)[C@@H](C(=O)OC)n1cc(CNS(=O)(=O)c2ccc(-c3ccccn3)s2)nn1. The molecule has 0 aliphatic rings. The van der Waals surface area contributed by atoms with Crippen LogP contribution in [0.4, 0.5) is 13.2 Å². The Morgan fingerprint density at radius 3 is 2.54 bits per heavy atom. The molecule has 204 valence electrons. The summed E-state index contributed by atoms with van der Waals surface area (Å²) in [5.74, 6) is -1.21. The number of hydrogen-bond donors (Lipinski definition) is 1. The number of rotatable bonds is 10. The summed E-state index contributed by atoms with van der Waals surface area (Å²) in [6.45, 7) is 3.64. The molecule has 0 amide bonds. The van der Waals surface area contributed by atoms with Gasteiger partial charge in [-0.25, -0.2) is 22.6 Å². The highest BCUT2D eigenvalue weighted by molar-refractivity contribution is 7.91. The number of nitrogens with zero attached hydrogens (tertiary/aromatic N) is 4. The average Bonchev–Trinajstić information content (AvgIpc) is 3.58. The number of aromatic nitrogens is 4. The highest BCUT2D eigenvalue weighted by Gasteiger charge is 2.31. The van der Waals surface area contributed by atoms with Crippen molar-refractivity contribution in [3.63, 3.8) is 0 Å². The van der Waals surface area contributed by atoms with Gasteiger partial charge in [0, 0.05) is 6.20 Å². The van der Waals surface area contributed by atoms with Crippen LogP contribution < -0.4 is 9.46 Å². The van der Waals surface area contributed by atoms with Crippen LogP contribution in [-0.4, -0.2) is 47.8 Å². The lowest BCUT2D eigenvalue weighted by molar-refractivity contribution is -0.274. The Labute approximate surface area is 224 Å². The number of pyridine rings is 1. The van der Waals surface area contributed by atoms with Crippen molar-refractivity contribution >= 4 is 32.9 Å². The summed E-state index contributed by atoms with van der Waals surface area (Å²) in [5, 5.41) is 7.83. The van der Waals surface area contributed by atoms with Crippen LogP contribution in [-0.2, 0) is 26.1 Å². The van der Waals surface area contributed by atoms with E-state index in [2.05, 4.69) is 31.3 Å². The third kappa shape index (κ3) is 6.87. The van der Waals surface area contributed by atoms with Gasteiger partial charge in [-0.05, 0) is 47.5 Å². The van der Waals surface area contributed by atoms with E-state index >= 15 is 0 Å². The van der Waals surface area contributed by atoms with Crippen LogP contribution in [0.3, 0.4) is 0 Å². The van der Waals surface area contributed by atoms with Crippen LogP contribution in [0.25, 0.3) is 16.1 Å². The number of hydrogen-bond acceptors (Lipinski definition) is 9. The fourth-order valence-electron chi connectivity index (χ4n) is 3.42. The molecular weight excluding hydrogens is 559 g/mol. The minimum absolute atomic E-state index is 0.0781. The van der Waals surface area contributed by atoms with Crippen LogP contribution in [0.2, 0.25) is 0 Å². The number of thiophene rings is 1. The van der Waals surface area contributed by atoms with E-state index < -0.39 is 34.1 Å². The van der Waals surface area contributed by atoms with E-state index in [0.717, 1.165) is 35.3 Å². The van der Waals surface area contributed by atoms with Crippen molar-refractivity contribution < 1.29 is 35.9 Å². The molecule has 3 aromatic heterocycles. The first-order chi connectivity index (χ1) is 18.5. The number of halogens is 3. The molecule has 39 heavy (non-hydrogen) atoms. The number of methoxy groups -OCH3 is 1. The largest absolute Gasteiger partial charge is 0.573 e. The lowest BCUT2D eigenvalue weighted by atomic mass is 10.00. The molecule has 10 nitrogen and oxygen atoms in total. The van der Waals surface area contributed by atoms with Gasteiger partial charge in [-0.1, -0.05) is 30.0 Å². The maximum absolute atomic E-state index is 12.8. The van der Waals surface area contributed by atoms with Crippen LogP contribution >= 0.6 is 11.3 Å². The topological polar surface area (TPSA) is 125 Å². The minimum atomic E-state index is -4.85. The van der Waals surface area contributed by atoms with Gasteiger partial charge in [0.15, 0.2) is 6.04 Å². The molecule has 0 saturated heterocycles. The fraction of sp³-hybridized carbons (Fsp3) is 0.167. The molecule has 0 aliphatic heterocycles. The smallest absolute Gasteiger partial charge is 0.467 e. The maximum atomic E-state index is 12.8. The second-order valence-electron chi connectivity index (χ2n) is 7.87. The van der Waals surface area contributed by atoms with Gasteiger partial charge in [0.2, 0.25) is 10.0 Å². The van der Waals surface area contributed by atoms with Crippen molar-refractivity contribution in [1.82, 2.24) is 24.7 Å². The van der Waals surface area contributed by atoms with E-state index in [1.807, 2.05) is 0 Å². The summed E-state index contributed by atoms with van der Waals surface area (Å²) in [6.07, 6.45) is -1.90. The number of nitrogens with one attached hydrogen (secondary N) is 1. The zero-order chi connectivity index (χ0) is 28.2. The predicted molar refractivity (Wildman–Crippen MR) is 135 cm³/mol. The van der Waals surface area contributed by atoms with E-state index in [1.54, 1.807) is 30.5 Å². The fourth-order valence-corrected chi connectivity index (χ4v) is 5.75. The predicted octanol–water partition coefficient (Wildman–Crippen LogP) is 4.21. The maximum Gasteiger partial charge on any atom is 0.573 e. The van der Waals surface area contributed by atoms with Crippen molar-refractivity contribution in [1.29, 1.82) is 0 Å². The molecule has 1 N–H and O–H groups in total. The number of benzene rings is 1. The van der Waals surface area contributed by atoms with Crippen molar-refractivity contribution in [2.75, 3.05) is 7.11 Å². The normalized spacial score (nSPS) is 12.6.